The molecular weight excluding hydrogens is 186 g/mol. The molecule has 1 aliphatic carbocycles. The van der Waals surface area contributed by atoms with Crippen LogP contribution < -0.4 is 5.73 Å². The number of ketones is 1. The van der Waals surface area contributed by atoms with Gasteiger partial charge in [0.25, 0.3) is 0 Å². The van der Waals surface area contributed by atoms with Crippen LogP contribution in [0.15, 0.2) is 24.3 Å². The van der Waals surface area contributed by atoms with Crippen molar-refractivity contribution in [3.8, 4) is 0 Å². The van der Waals surface area contributed by atoms with Crippen LogP contribution in [0.4, 0.5) is 0 Å². The highest BCUT2D eigenvalue weighted by Gasteiger charge is 2.28. The molecule has 0 spiro atoms. The maximum Gasteiger partial charge on any atom is 0.150 e. The van der Waals surface area contributed by atoms with E-state index in [-0.39, 0.29) is 11.8 Å². The highest BCUT2D eigenvalue weighted by atomic mass is 16.1. The van der Waals surface area contributed by atoms with Crippen molar-refractivity contribution in [2.24, 2.45) is 5.73 Å². The summed E-state index contributed by atoms with van der Waals surface area (Å²) in [4.78, 5) is 11.7. The van der Waals surface area contributed by atoms with Crippen LogP contribution in [0.5, 0.6) is 0 Å². The molecule has 2 N–H and O–H groups in total. The molecule has 1 aromatic rings. The Kier molecular flexibility index (Phi) is 2.87. The average Bonchev–Trinajstić information content (AvgIpc) is 2.24. The molecule has 0 aromatic heterocycles. The zero-order valence-electron chi connectivity index (χ0n) is 9.07. The van der Waals surface area contributed by atoms with Crippen molar-refractivity contribution >= 4 is 5.78 Å². The molecule has 80 valence electrons. The standard InChI is InChI=1S/C13H17NO/c1-2-12(14)13(15)8-10-7-9-5-3-4-6-11(9)10/h3-6,10,12H,2,7-8,14H2,1H3. The van der Waals surface area contributed by atoms with Gasteiger partial charge >= 0.3 is 0 Å². The van der Waals surface area contributed by atoms with E-state index in [9.17, 15) is 4.79 Å². The lowest BCUT2D eigenvalue weighted by Crippen LogP contribution is -2.32. The molecule has 15 heavy (non-hydrogen) atoms. The first-order valence-corrected chi connectivity index (χ1v) is 5.58. The number of hydrogen-bond donors (Lipinski definition) is 1. The van der Waals surface area contributed by atoms with Crippen LogP contribution in [0.25, 0.3) is 0 Å². The summed E-state index contributed by atoms with van der Waals surface area (Å²) >= 11 is 0. The van der Waals surface area contributed by atoms with Crippen LogP contribution in [0.2, 0.25) is 0 Å². The van der Waals surface area contributed by atoms with Crippen molar-refractivity contribution in [3.63, 3.8) is 0 Å². The lowest BCUT2D eigenvalue weighted by atomic mass is 9.74. The zero-order chi connectivity index (χ0) is 10.8. The number of fused-ring (bicyclic) bond motifs is 1. The largest absolute Gasteiger partial charge is 0.322 e. The minimum absolute atomic E-state index is 0.206. The Morgan fingerprint density at radius 3 is 2.93 bits per heavy atom. The van der Waals surface area contributed by atoms with Crippen molar-refractivity contribution in [2.75, 3.05) is 0 Å². The second-order valence-electron chi connectivity index (χ2n) is 4.29. The predicted octanol–water partition coefficient (Wildman–Crippen LogP) is 2.02. The van der Waals surface area contributed by atoms with E-state index in [1.807, 2.05) is 13.0 Å². The van der Waals surface area contributed by atoms with E-state index in [1.165, 1.54) is 11.1 Å². The van der Waals surface area contributed by atoms with Crippen LogP contribution in [0, 0.1) is 0 Å². The topological polar surface area (TPSA) is 43.1 Å². The molecule has 0 amide bonds. The minimum atomic E-state index is -0.266. The summed E-state index contributed by atoms with van der Waals surface area (Å²) in [6.45, 7) is 1.96. The van der Waals surface area contributed by atoms with Gasteiger partial charge in [-0.05, 0) is 29.9 Å². The monoisotopic (exact) mass is 203 g/mol. The van der Waals surface area contributed by atoms with Crippen molar-refractivity contribution in [2.45, 2.75) is 38.1 Å². The molecule has 1 aliphatic rings. The molecule has 1 aromatic carbocycles. The highest BCUT2D eigenvalue weighted by molar-refractivity contribution is 5.84. The second kappa shape index (κ2) is 4.15. The van der Waals surface area contributed by atoms with Crippen LogP contribution >= 0.6 is 0 Å². The third-order valence-corrected chi connectivity index (χ3v) is 3.26. The Balaban J connectivity index is 1.98. The fourth-order valence-electron chi connectivity index (χ4n) is 2.17. The minimum Gasteiger partial charge on any atom is -0.322 e. The molecular formula is C13H17NO. The van der Waals surface area contributed by atoms with Gasteiger partial charge in [0.2, 0.25) is 0 Å². The predicted molar refractivity (Wildman–Crippen MR) is 60.8 cm³/mol. The first-order valence-electron chi connectivity index (χ1n) is 5.58. The van der Waals surface area contributed by atoms with Crippen LogP contribution in [-0.4, -0.2) is 11.8 Å². The summed E-state index contributed by atoms with van der Waals surface area (Å²) in [7, 11) is 0. The van der Waals surface area contributed by atoms with E-state index >= 15 is 0 Å². The van der Waals surface area contributed by atoms with Crippen LogP contribution in [-0.2, 0) is 11.2 Å². The molecule has 0 radical (unpaired) electrons. The van der Waals surface area contributed by atoms with Gasteiger partial charge in [0.15, 0.2) is 0 Å². The fraction of sp³-hybridized carbons (Fsp3) is 0.462. The molecule has 0 fully saturated rings. The molecule has 0 heterocycles. The van der Waals surface area contributed by atoms with Crippen molar-refractivity contribution < 1.29 is 4.79 Å². The van der Waals surface area contributed by atoms with E-state index in [1.54, 1.807) is 0 Å². The summed E-state index contributed by atoms with van der Waals surface area (Å²) < 4.78 is 0. The highest BCUT2D eigenvalue weighted by Crippen LogP contribution is 2.37. The molecule has 0 bridgehead atoms. The maximum absolute atomic E-state index is 11.7. The van der Waals surface area contributed by atoms with Gasteiger partial charge in [0.05, 0.1) is 6.04 Å². The fourth-order valence-corrected chi connectivity index (χ4v) is 2.17. The Bertz CT molecular complexity index is 373. The van der Waals surface area contributed by atoms with E-state index in [0.29, 0.717) is 12.3 Å². The number of hydrogen-bond acceptors (Lipinski definition) is 2. The third kappa shape index (κ3) is 1.95. The number of benzene rings is 1. The summed E-state index contributed by atoms with van der Waals surface area (Å²) in [6, 6.07) is 8.08. The summed E-state index contributed by atoms with van der Waals surface area (Å²) in [5.41, 5.74) is 8.45. The second-order valence-corrected chi connectivity index (χ2v) is 4.29. The molecule has 2 heteroatoms. The maximum atomic E-state index is 11.7. The number of carbonyl (C=O) groups excluding carboxylic acids is 1. The number of rotatable bonds is 4. The first-order chi connectivity index (χ1) is 7.22. The summed E-state index contributed by atoms with van der Waals surface area (Å²) in [5, 5.41) is 0. The Morgan fingerprint density at radius 1 is 1.53 bits per heavy atom. The van der Waals surface area contributed by atoms with E-state index in [0.717, 1.165) is 12.8 Å². The Labute approximate surface area is 90.5 Å². The SMILES string of the molecule is CCC(N)C(=O)CC1Cc2ccccc21. The van der Waals surface area contributed by atoms with Gasteiger partial charge in [-0.3, -0.25) is 4.79 Å². The van der Waals surface area contributed by atoms with Gasteiger partial charge in [0, 0.05) is 6.42 Å². The molecule has 2 rings (SSSR count). The van der Waals surface area contributed by atoms with Crippen molar-refractivity contribution in [3.05, 3.63) is 35.4 Å². The summed E-state index contributed by atoms with van der Waals surface area (Å²) in [6.07, 6.45) is 2.40. The smallest absolute Gasteiger partial charge is 0.150 e. The van der Waals surface area contributed by atoms with E-state index in [2.05, 4.69) is 18.2 Å². The zero-order valence-corrected chi connectivity index (χ0v) is 9.07. The normalized spacial score (nSPS) is 20.3. The molecule has 0 saturated heterocycles. The lowest BCUT2D eigenvalue weighted by molar-refractivity contribution is -0.120. The lowest BCUT2D eigenvalue weighted by Gasteiger charge is -2.30. The number of carbonyl (C=O) groups is 1. The van der Waals surface area contributed by atoms with Gasteiger partial charge in [-0.1, -0.05) is 31.2 Å². The van der Waals surface area contributed by atoms with E-state index in [4.69, 9.17) is 5.73 Å². The summed E-state index contributed by atoms with van der Waals surface area (Å²) in [5.74, 6) is 0.628. The molecule has 0 aliphatic heterocycles. The van der Waals surface area contributed by atoms with Gasteiger partial charge in [0.1, 0.15) is 5.78 Å². The average molecular weight is 203 g/mol. The quantitative estimate of drug-likeness (QED) is 0.813. The van der Waals surface area contributed by atoms with Gasteiger partial charge in [-0.2, -0.15) is 0 Å². The number of nitrogens with two attached hydrogens (primary N) is 1. The molecule has 2 unspecified atom stereocenters. The molecule has 2 atom stereocenters. The molecule has 0 saturated carbocycles. The Hall–Kier alpha value is -1.15. The number of Topliss-reactive ketones (excluding diaryl/α,β-unsaturated/α-hetero) is 1. The third-order valence-electron chi connectivity index (χ3n) is 3.26. The molecule has 2 nitrogen and oxygen atoms in total. The van der Waals surface area contributed by atoms with Gasteiger partial charge in [-0.25, -0.2) is 0 Å². The Morgan fingerprint density at radius 2 is 2.27 bits per heavy atom. The first kappa shape index (κ1) is 10.4. The van der Waals surface area contributed by atoms with Gasteiger partial charge < -0.3 is 5.73 Å². The van der Waals surface area contributed by atoms with Crippen LogP contribution in [0.1, 0.15) is 36.8 Å². The van der Waals surface area contributed by atoms with Crippen molar-refractivity contribution in [1.82, 2.24) is 0 Å². The van der Waals surface area contributed by atoms with Crippen LogP contribution in [0.3, 0.4) is 0 Å². The van der Waals surface area contributed by atoms with Gasteiger partial charge in [-0.15, -0.1) is 0 Å². The van der Waals surface area contributed by atoms with Crippen molar-refractivity contribution in [1.29, 1.82) is 0 Å². The van der Waals surface area contributed by atoms with E-state index < -0.39 is 0 Å².